The minimum Gasteiger partial charge on any atom is -0.484 e. The van der Waals surface area contributed by atoms with Gasteiger partial charge in [-0.1, -0.05) is 31.2 Å². The molecule has 1 aliphatic carbocycles. The largest absolute Gasteiger partial charge is 0.484 e. The smallest absolute Gasteiger partial charge is 0.204 e. The van der Waals surface area contributed by atoms with Crippen LogP contribution in [0.3, 0.4) is 0 Å². The molecule has 0 radical (unpaired) electrons. The van der Waals surface area contributed by atoms with Gasteiger partial charge in [0, 0.05) is 12.1 Å². The number of rotatable bonds is 2. The molecule has 1 aliphatic heterocycles. The zero-order valence-electron chi connectivity index (χ0n) is 17.7. The van der Waals surface area contributed by atoms with E-state index in [1.165, 1.54) is 17.5 Å². The van der Waals surface area contributed by atoms with E-state index in [9.17, 15) is 0 Å². The first-order chi connectivity index (χ1) is 14.0. The van der Waals surface area contributed by atoms with Crippen molar-refractivity contribution in [1.29, 1.82) is 10.8 Å². The first kappa shape index (κ1) is 19.7. The van der Waals surface area contributed by atoms with Crippen LogP contribution < -0.4 is 10.2 Å². The number of nitrogens with zero attached hydrogens (tertiary/aromatic N) is 2. The molecule has 5 nitrogen and oxygen atoms in total. The van der Waals surface area contributed by atoms with Crippen LogP contribution in [0.4, 0.5) is 0 Å². The van der Waals surface area contributed by atoms with Crippen LogP contribution in [0.25, 0.3) is 0 Å². The SMILES string of the molecule is CC1CCC(Oc2ccc(=N)n(C(=N)N3C(C)CCCC3C)c2)c2ccccc21. The second-order valence-corrected chi connectivity index (χ2v) is 8.69. The Kier molecular flexibility index (Phi) is 5.48. The summed E-state index contributed by atoms with van der Waals surface area (Å²) >= 11 is 0. The number of nitrogens with one attached hydrogen (secondary N) is 2. The maximum absolute atomic E-state index is 8.80. The number of aromatic nitrogens is 1. The van der Waals surface area contributed by atoms with Crippen molar-refractivity contribution in [3.8, 4) is 5.75 Å². The van der Waals surface area contributed by atoms with Gasteiger partial charge in [-0.15, -0.1) is 0 Å². The van der Waals surface area contributed by atoms with Gasteiger partial charge >= 0.3 is 0 Å². The van der Waals surface area contributed by atoms with E-state index < -0.39 is 0 Å². The molecule has 1 aromatic carbocycles. The van der Waals surface area contributed by atoms with E-state index in [1.807, 2.05) is 12.3 Å². The van der Waals surface area contributed by atoms with E-state index in [4.69, 9.17) is 15.6 Å². The lowest BCUT2D eigenvalue weighted by atomic mass is 9.82. The Morgan fingerprint density at radius 3 is 2.34 bits per heavy atom. The van der Waals surface area contributed by atoms with Crippen LogP contribution >= 0.6 is 0 Å². The lowest BCUT2D eigenvalue weighted by molar-refractivity contribution is 0.174. The second kappa shape index (κ2) is 8.05. The molecule has 1 fully saturated rings. The topological polar surface area (TPSA) is 65.1 Å². The van der Waals surface area contributed by atoms with Gasteiger partial charge in [0.15, 0.2) is 0 Å². The van der Waals surface area contributed by atoms with Crippen LogP contribution in [-0.4, -0.2) is 27.5 Å². The number of ether oxygens (including phenoxy) is 1. The maximum atomic E-state index is 8.80. The maximum Gasteiger partial charge on any atom is 0.204 e. The lowest BCUT2D eigenvalue weighted by Crippen LogP contribution is -2.51. The highest BCUT2D eigenvalue weighted by Gasteiger charge is 2.29. The quantitative estimate of drug-likeness (QED) is 0.556. The predicted octanol–water partition coefficient (Wildman–Crippen LogP) is 5.03. The molecule has 0 amide bonds. The summed E-state index contributed by atoms with van der Waals surface area (Å²) < 4.78 is 8.06. The molecule has 1 saturated heterocycles. The van der Waals surface area contributed by atoms with Gasteiger partial charge in [0.1, 0.15) is 17.3 Å². The van der Waals surface area contributed by atoms with Crippen molar-refractivity contribution in [2.45, 2.75) is 77.0 Å². The zero-order valence-corrected chi connectivity index (χ0v) is 17.7. The van der Waals surface area contributed by atoms with E-state index in [0.717, 1.165) is 31.4 Å². The molecule has 154 valence electrons. The minimum atomic E-state index is 0.0226. The van der Waals surface area contributed by atoms with Gasteiger partial charge < -0.3 is 9.64 Å². The van der Waals surface area contributed by atoms with Gasteiger partial charge in [0.25, 0.3) is 0 Å². The highest BCUT2D eigenvalue weighted by molar-refractivity contribution is 5.80. The van der Waals surface area contributed by atoms with Crippen molar-refractivity contribution < 1.29 is 4.74 Å². The number of pyridine rings is 1. The third-order valence-corrected chi connectivity index (χ3v) is 6.60. The molecule has 4 atom stereocenters. The van der Waals surface area contributed by atoms with Crippen molar-refractivity contribution >= 4 is 5.96 Å². The zero-order chi connectivity index (χ0) is 20.5. The molecule has 29 heavy (non-hydrogen) atoms. The van der Waals surface area contributed by atoms with E-state index in [0.29, 0.717) is 29.4 Å². The number of benzene rings is 1. The van der Waals surface area contributed by atoms with E-state index in [2.05, 4.69) is 49.9 Å². The highest BCUT2D eigenvalue weighted by atomic mass is 16.5. The van der Waals surface area contributed by atoms with Gasteiger partial charge in [-0.2, -0.15) is 0 Å². The van der Waals surface area contributed by atoms with Crippen molar-refractivity contribution in [2.75, 3.05) is 0 Å². The molecule has 0 bridgehead atoms. The highest BCUT2D eigenvalue weighted by Crippen LogP contribution is 2.39. The molecule has 2 aliphatic rings. The van der Waals surface area contributed by atoms with E-state index in [1.54, 1.807) is 10.6 Å². The summed E-state index contributed by atoms with van der Waals surface area (Å²) in [7, 11) is 0. The number of fused-ring (bicyclic) bond motifs is 1. The number of piperidine rings is 1. The molecule has 4 rings (SSSR count). The van der Waals surface area contributed by atoms with Gasteiger partial charge in [-0.25, -0.2) is 0 Å². The van der Waals surface area contributed by atoms with Crippen LogP contribution in [0.15, 0.2) is 42.6 Å². The average Bonchev–Trinajstić information content (AvgIpc) is 2.71. The molecule has 0 saturated carbocycles. The Balaban J connectivity index is 1.60. The van der Waals surface area contributed by atoms with Crippen molar-refractivity contribution in [3.63, 3.8) is 0 Å². The Morgan fingerprint density at radius 2 is 1.62 bits per heavy atom. The molecule has 1 aromatic heterocycles. The number of likely N-dealkylation sites (tertiary alicyclic amines) is 1. The van der Waals surface area contributed by atoms with E-state index in [-0.39, 0.29) is 6.10 Å². The van der Waals surface area contributed by atoms with Crippen molar-refractivity contribution in [1.82, 2.24) is 9.47 Å². The van der Waals surface area contributed by atoms with Crippen LogP contribution in [0.1, 0.15) is 76.0 Å². The molecule has 2 N–H and O–H groups in total. The average molecular weight is 393 g/mol. The summed E-state index contributed by atoms with van der Waals surface area (Å²) in [5.74, 6) is 1.65. The Morgan fingerprint density at radius 1 is 0.931 bits per heavy atom. The molecule has 2 aromatic rings. The van der Waals surface area contributed by atoms with Gasteiger partial charge in [0.2, 0.25) is 5.96 Å². The first-order valence-electron chi connectivity index (χ1n) is 10.9. The Labute approximate surface area is 173 Å². The summed E-state index contributed by atoms with van der Waals surface area (Å²) in [6, 6.07) is 12.8. The fourth-order valence-electron chi connectivity index (χ4n) is 4.94. The summed E-state index contributed by atoms with van der Waals surface area (Å²) in [5.41, 5.74) is 2.95. The van der Waals surface area contributed by atoms with Gasteiger partial charge in [-0.3, -0.25) is 15.4 Å². The molecular weight excluding hydrogens is 360 g/mol. The molecule has 5 heteroatoms. The van der Waals surface area contributed by atoms with Gasteiger partial charge in [-0.05, 0) is 75.1 Å². The first-order valence-corrected chi connectivity index (χ1v) is 10.9. The van der Waals surface area contributed by atoms with Crippen LogP contribution in [0.2, 0.25) is 0 Å². The normalized spacial score (nSPS) is 26.7. The molecule has 0 spiro atoms. The van der Waals surface area contributed by atoms with Crippen LogP contribution in [0, 0.1) is 10.8 Å². The Bertz CT molecular complexity index is 940. The molecule has 4 unspecified atom stereocenters. The second-order valence-electron chi connectivity index (χ2n) is 8.69. The predicted molar refractivity (Wildman–Crippen MR) is 115 cm³/mol. The summed E-state index contributed by atoms with van der Waals surface area (Å²) in [4.78, 5) is 2.14. The van der Waals surface area contributed by atoms with Crippen LogP contribution in [-0.2, 0) is 0 Å². The number of hydrogen-bond donors (Lipinski definition) is 2. The monoisotopic (exact) mass is 392 g/mol. The summed E-state index contributed by atoms with van der Waals surface area (Å²) in [6.07, 6.45) is 7.32. The lowest BCUT2D eigenvalue weighted by Gasteiger charge is -2.41. The summed E-state index contributed by atoms with van der Waals surface area (Å²) in [6.45, 7) is 6.63. The number of hydrogen-bond acceptors (Lipinski definition) is 3. The van der Waals surface area contributed by atoms with Crippen LogP contribution in [0.5, 0.6) is 5.75 Å². The summed E-state index contributed by atoms with van der Waals surface area (Å²) in [5, 5.41) is 17.2. The van der Waals surface area contributed by atoms with E-state index >= 15 is 0 Å². The molecular formula is C24H32N4O. The third-order valence-electron chi connectivity index (χ3n) is 6.60. The standard InChI is InChI=1S/C24H32N4O/c1-16-11-13-22(21-10-5-4-9-20(16)21)29-19-12-14-23(25)27(15-19)24(26)28-17(2)7-6-8-18(28)3/h4-5,9-10,12,14-18,22,25-26H,6-8,11,13H2,1-3H3. The van der Waals surface area contributed by atoms with Crippen molar-refractivity contribution in [2.24, 2.45) is 0 Å². The van der Waals surface area contributed by atoms with Crippen molar-refractivity contribution in [3.05, 3.63) is 59.2 Å². The fraction of sp³-hybridized carbons (Fsp3) is 0.500. The minimum absolute atomic E-state index is 0.0226. The Hall–Kier alpha value is -2.56. The fourth-order valence-corrected chi connectivity index (χ4v) is 4.94. The third kappa shape index (κ3) is 3.83. The molecule has 2 heterocycles. The van der Waals surface area contributed by atoms with Gasteiger partial charge in [0.05, 0.1) is 6.20 Å².